The Hall–Kier alpha value is -2.07. The zero-order chi connectivity index (χ0) is 17.2. The second-order valence-electron chi connectivity index (χ2n) is 7.03. The SMILES string of the molecule is COc1cc2ccccc2cc1C(=O)OC(C)(C)C1CC[NH2+]CC1. The molecule has 2 aromatic rings. The first-order valence-electron chi connectivity index (χ1n) is 8.63. The number of ether oxygens (including phenoxy) is 2. The normalized spacial score (nSPS) is 16.1. The molecule has 0 saturated carbocycles. The van der Waals surface area contributed by atoms with Gasteiger partial charge in [0.15, 0.2) is 0 Å². The van der Waals surface area contributed by atoms with Crippen LogP contribution in [0.5, 0.6) is 5.75 Å². The molecule has 0 aromatic heterocycles. The molecule has 4 heteroatoms. The third-order valence-electron chi connectivity index (χ3n) is 5.07. The largest absolute Gasteiger partial charge is 0.496 e. The molecule has 2 aromatic carbocycles. The third-order valence-corrected chi connectivity index (χ3v) is 5.07. The summed E-state index contributed by atoms with van der Waals surface area (Å²) in [4.78, 5) is 12.8. The molecule has 1 aliphatic rings. The van der Waals surface area contributed by atoms with Gasteiger partial charge in [0, 0.05) is 18.8 Å². The topological polar surface area (TPSA) is 52.1 Å². The summed E-state index contributed by atoms with van der Waals surface area (Å²) in [5.74, 6) is 0.654. The van der Waals surface area contributed by atoms with Crippen molar-refractivity contribution < 1.29 is 19.6 Å². The number of carbonyl (C=O) groups is 1. The van der Waals surface area contributed by atoms with Crippen LogP contribution in [0.2, 0.25) is 0 Å². The summed E-state index contributed by atoms with van der Waals surface area (Å²) in [6.07, 6.45) is 2.16. The molecule has 0 amide bonds. The van der Waals surface area contributed by atoms with E-state index < -0.39 is 5.60 Å². The van der Waals surface area contributed by atoms with E-state index in [1.807, 2.05) is 50.2 Å². The highest BCUT2D eigenvalue weighted by atomic mass is 16.6. The van der Waals surface area contributed by atoms with Gasteiger partial charge in [-0.3, -0.25) is 0 Å². The fourth-order valence-electron chi connectivity index (χ4n) is 3.55. The summed E-state index contributed by atoms with van der Waals surface area (Å²) >= 11 is 0. The molecule has 4 nitrogen and oxygen atoms in total. The van der Waals surface area contributed by atoms with Crippen LogP contribution in [0.4, 0.5) is 0 Å². The Morgan fingerprint density at radius 3 is 2.38 bits per heavy atom. The molecule has 0 aliphatic carbocycles. The standard InChI is InChI=1S/C20H25NO3/c1-20(2,16-8-10-21-11-9-16)24-19(22)17-12-14-6-4-5-7-15(14)13-18(17)23-3/h4-7,12-13,16,21H,8-11H2,1-3H3/p+1. The quantitative estimate of drug-likeness (QED) is 0.878. The molecule has 24 heavy (non-hydrogen) atoms. The molecule has 3 rings (SSSR count). The number of rotatable bonds is 4. The first-order chi connectivity index (χ1) is 11.5. The Labute approximate surface area is 143 Å². The van der Waals surface area contributed by atoms with E-state index in [9.17, 15) is 4.79 Å². The van der Waals surface area contributed by atoms with Crippen LogP contribution in [0.15, 0.2) is 36.4 Å². The molecule has 1 fully saturated rings. The number of methoxy groups -OCH3 is 1. The number of hydrogen-bond acceptors (Lipinski definition) is 3. The van der Waals surface area contributed by atoms with Crippen LogP contribution in [0.1, 0.15) is 37.0 Å². The summed E-state index contributed by atoms with van der Waals surface area (Å²) in [7, 11) is 1.59. The lowest BCUT2D eigenvalue weighted by Gasteiger charge is -2.35. The van der Waals surface area contributed by atoms with Crippen molar-refractivity contribution >= 4 is 16.7 Å². The van der Waals surface area contributed by atoms with Crippen molar-refractivity contribution in [1.82, 2.24) is 0 Å². The van der Waals surface area contributed by atoms with Crippen molar-refractivity contribution in [3.63, 3.8) is 0 Å². The van der Waals surface area contributed by atoms with E-state index in [4.69, 9.17) is 9.47 Å². The zero-order valence-corrected chi connectivity index (χ0v) is 14.7. The van der Waals surface area contributed by atoms with Crippen molar-refractivity contribution in [3.8, 4) is 5.75 Å². The average molecular weight is 328 g/mol. The molecule has 0 unspecified atom stereocenters. The molecule has 2 N–H and O–H groups in total. The van der Waals surface area contributed by atoms with E-state index >= 15 is 0 Å². The highest BCUT2D eigenvalue weighted by molar-refractivity contribution is 5.98. The molecule has 128 valence electrons. The van der Waals surface area contributed by atoms with Gasteiger partial charge in [-0.2, -0.15) is 0 Å². The van der Waals surface area contributed by atoms with Crippen molar-refractivity contribution in [2.45, 2.75) is 32.3 Å². The van der Waals surface area contributed by atoms with Crippen molar-refractivity contribution in [1.29, 1.82) is 0 Å². The Bertz CT molecular complexity index is 733. The molecular formula is C20H26NO3+. The molecule has 1 heterocycles. The number of esters is 1. The summed E-state index contributed by atoms with van der Waals surface area (Å²) in [5.41, 5.74) is 0.0220. The van der Waals surface area contributed by atoms with E-state index in [2.05, 4.69) is 5.32 Å². The number of piperidine rings is 1. The summed E-state index contributed by atoms with van der Waals surface area (Å²) in [5, 5.41) is 4.38. The first-order valence-corrected chi connectivity index (χ1v) is 8.63. The van der Waals surface area contributed by atoms with Gasteiger partial charge >= 0.3 is 5.97 Å². The van der Waals surface area contributed by atoms with E-state index in [0.29, 0.717) is 17.2 Å². The lowest BCUT2D eigenvalue weighted by Crippen LogP contribution is -2.86. The monoisotopic (exact) mass is 328 g/mol. The van der Waals surface area contributed by atoms with Gasteiger partial charge in [-0.1, -0.05) is 24.3 Å². The Morgan fingerprint density at radius 2 is 1.75 bits per heavy atom. The molecule has 0 bridgehead atoms. The van der Waals surface area contributed by atoms with Gasteiger partial charge in [-0.25, -0.2) is 4.79 Å². The molecule has 0 atom stereocenters. The molecular weight excluding hydrogens is 302 g/mol. The van der Waals surface area contributed by atoms with Crippen LogP contribution in [0.3, 0.4) is 0 Å². The maximum absolute atomic E-state index is 12.8. The summed E-state index contributed by atoms with van der Waals surface area (Å²) in [6.45, 7) is 6.25. The molecule has 0 spiro atoms. The van der Waals surface area contributed by atoms with E-state index in [1.54, 1.807) is 7.11 Å². The van der Waals surface area contributed by atoms with Gasteiger partial charge in [0.1, 0.15) is 16.9 Å². The predicted octanol–water partition coefficient (Wildman–Crippen LogP) is 2.76. The van der Waals surface area contributed by atoms with Crippen LogP contribution in [0.25, 0.3) is 10.8 Å². The van der Waals surface area contributed by atoms with E-state index in [0.717, 1.165) is 36.7 Å². The second-order valence-corrected chi connectivity index (χ2v) is 7.03. The maximum Gasteiger partial charge on any atom is 0.342 e. The number of carbonyl (C=O) groups excluding carboxylic acids is 1. The smallest absolute Gasteiger partial charge is 0.342 e. The number of benzene rings is 2. The summed E-state index contributed by atoms with van der Waals surface area (Å²) < 4.78 is 11.4. The minimum absolute atomic E-state index is 0.308. The van der Waals surface area contributed by atoms with Crippen molar-refractivity contribution in [3.05, 3.63) is 42.0 Å². The number of fused-ring (bicyclic) bond motifs is 1. The predicted molar refractivity (Wildman–Crippen MR) is 94.4 cm³/mol. The lowest BCUT2D eigenvalue weighted by molar-refractivity contribution is -0.665. The van der Waals surface area contributed by atoms with Crippen LogP contribution in [-0.4, -0.2) is 31.8 Å². The molecule has 1 saturated heterocycles. The van der Waals surface area contributed by atoms with E-state index in [-0.39, 0.29) is 5.97 Å². The van der Waals surface area contributed by atoms with Crippen LogP contribution in [-0.2, 0) is 4.74 Å². The molecule has 0 radical (unpaired) electrons. The molecule has 1 aliphatic heterocycles. The second kappa shape index (κ2) is 6.81. The highest BCUT2D eigenvalue weighted by Gasteiger charge is 2.36. The van der Waals surface area contributed by atoms with Gasteiger partial charge in [-0.15, -0.1) is 0 Å². The number of quaternary nitrogens is 1. The highest BCUT2D eigenvalue weighted by Crippen LogP contribution is 2.32. The minimum atomic E-state index is -0.470. The Balaban J connectivity index is 1.87. The van der Waals surface area contributed by atoms with E-state index in [1.165, 1.54) is 0 Å². The third kappa shape index (κ3) is 3.39. The fraction of sp³-hybridized carbons (Fsp3) is 0.450. The number of hydrogen-bond donors (Lipinski definition) is 1. The van der Waals surface area contributed by atoms with Gasteiger partial charge in [0.25, 0.3) is 0 Å². The van der Waals surface area contributed by atoms with Gasteiger partial charge in [0.05, 0.1) is 20.2 Å². The first kappa shape index (κ1) is 16.8. The Kier molecular flexibility index (Phi) is 4.76. The van der Waals surface area contributed by atoms with Crippen LogP contribution >= 0.6 is 0 Å². The van der Waals surface area contributed by atoms with Crippen molar-refractivity contribution in [2.75, 3.05) is 20.2 Å². The van der Waals surface area contributed by atoms with Gasteiger partial charge < -0.3 is 14.8 Å². The van der Waals surface area contributed by atoms with Crippen molar-refractivity contribution in [2.24, 2.45) is 5.92 Å². The maximum atomic E-state index is 12.8. The summed E-state index contributed by atoms with van der Waals surface area (Å²) in [6, 6.07) is 11.7. The fourth-order valence-corrected chi connectivity index (χ4v) is 3.55. The lowest BCUT2D eigenvalue weighted by atomic mass is 9.83. The Morgan fingerprint density at radius 1 is 1.12 bits per heavy atom. The van der Waals surface area contributed by atoms with Crippen LogP contribution < -0.4 is 10.1 Å². The average Bonchev–Trinajstić information content (AvgIpc) is 2.61. The number of nitrogens with two attached hydrogens (primary N) is 1. The minimum Gasteiger partial charge on any atom is -0.496 e. The van der Waals surface area contributed by atoms with Gasteiger partial charge in [0.2, 0.25) is 0 Å². The zero-order valence-electron chi connectivity index (χ0n) is 14.7. The van der Waals surface area contributed by atoms with Crippen LogP contribution in [0, 0.1) is 5.92 Å². The van der Waals surface area contributed by atoms with Gasteiger partial charge in [-0.05, 0) is 36.8 Å².